The van der Waals surface area contributed by atoms with Gasteiger partial charge in [-0.3, -0.25) is 10.4 Å². The van der Waals surface area contributed by atoms with Crippen LogP contribution in [0.4, 0.5) is 5.69 Å². The molecule has 1 fully saturated rings. The summed E-state index contributed by atoms with van der Waals surface area (Å²) in [6.45, 7) is 6.08. The molecule has 3 heterocycles. The highest BCUT2D eigenvalue weighted by atomic mass is 16.5. The Morgan fingerprint density at radius 3 is 2.80 bits per heavy atom. The summed E-state index contributed by atoms with van der Waals surface area (Å²) in [6.07, 6.45) is 4.22. The minimum Gasteiger partial charge on any atom is -0.378 e. The maximum absolute atomic E-state index is 5.43. The van der Waals surface area contributed by atoms with Gasteiger partial charge in [-0.2, -0.15) is 0 Å². The molecule has 0 aliphatic carbocycles. The Morgan fingerprint density at radius 2 is 2.00 bits per heavy atom. The van der Waals surface area contributed by atoms with Crippen molar-refractivity contribution in [3.8, 4) is 0 Å². The largest absolute Gasteiger partial charge is 0.378 e. The van der Waals surface area contributed by atoms with Gasteiger partial charge in [0.05, 0.1) is 24.9 Å². The number of nitrogens with one attached hydrogen (secondary N) is 2. The number of hydrogen-bond acceptors (Lipinski definition) is 7. The lowest BCUT2D eigenvalue weighted by molar-refractivity contribution is 0.0527. The predicted octanol–water partition coefficient (Wildman–Crippen LogP) is 1.18. The molecule has 1 aromatic carbocycles. The van der Waals surface area contributed by atoms with Crippen molar-refractivity contribution < 1.29 is 4.74 Å². The smallest absolute Gasteiger partial charge is 0.212 e. The molecule has 4 rings (SSSR count). The molecule has 0 aromatic heterocycles. The lowest BCUT2D eigenvalue weighted by atomic mass is 10.0. The highest BCUT2D eigenvalue weighted by Crippen LogP contribution is 2.18. The second-order valence-corrected chi connectivity index (χ2v) is 6.46. The van der Waals surface area contributed by atoms with Crippen LogP contribution < -0.4 is 15.8 Å². The molecular formula is C18H24N6O. The van der Waals surface area contributed by atoms with Crippen LogP contribution in [0.5, 0.6) is 0 Å². The number of guanidine groups is 1. The van der Waals surface area contributed by atoms with E-state index in [4.69, 9.17) is 4.74 Å². The molecule has 3 aliphatic heterocycles. The number of hydrazine groups is 1. The van der Waals surface area contributed by atoms with E-state index in [1.54, 1.807) is 0 Å². The second-order valence-electron chi connectivity index (χ2n) is 6.46. The van der Waals surface area contributed by atoms with Crippen molar-refractivity contribution in [3.05, 3.63) is 42.2 Å². The number of hydrogen-bond donors (Lipinski definition) is 2. The Hall–Kier alpha value is -2.54. The fourth-order valence-corrected chi connectivity index (χ4v) is 3.12. The number of rotatable bonds is 3. The zero-order valence-electron chi connectivity index (χ0n) is 14.4. The Bertz CT molecular complexity index is 680. The van der Waals surface area contributed by atoms with Crippen LogP contribution in [0.2, 0.25) is 0 Å². The van der Waals surface area contributed by atoms with E-state index in [9.17, 15) is 0 Å². The molecule has 25 heavy (non-hydrogen) atoms. The quantitative estimate of drug-likeness (QED) is 0.865. The van der Waals surface area contributed by atoms with Gasteiger partial charge in [-0.25, -0.2) is 9.98 Å². The van der Waals surface area contributed by atoms with Gasteiger partial charge in [0.25, 0.3) is 0 Å². The van der Waals surface area contributed by atoms with Crippen molar-refractivity contribution in [1.29, 1.82) is 0 Å². The van der Waals surface area contributed by atoms with Gasteiger partial charge in [0.15, 0.2) is 0 Å². The number of ether oxygens (including phenoxy) is 1. The molecule has 0 saturated carbocycles. The Kier molecular flexibility index (Phi) is 4.56. The molecular weight excluding hydrogens is 316 g/mol. The molecule has 0 radical (unpaired) electrons. The molecule has 0 bridgehead atoms. The first kappa shape index (κ1) is 16.0. The number of para-hydroxylation sites is 1. The molecule has 7 heteroatoms. The fraction of sp³-hybridized carbons (Fsp3) is 0.444. The maximum atomic E-state index is 5.43. The predicted molar refractivity (Wildman–Crippen MR) is 99.4 cm³/mol. The first-order chi connectivity index (χ1) is 12.3. The van der Waals surface area contributed by atoms with Gasteiger partial charge in [0, 0.05) is 25.2 Å². The van der Waals surface area contributed by atoms with Crippen LogP contribution in [0.25, 0.3) is 0 Å². The summed E-state index contributed by atoms with van der Waals surface area (Å²) in [5, 5.41) is 5.53. The number of nitrogens with zero attached hydrogens (tertiary/aromatic N) is 4. The van der Waals surface area contributed by atoms with E-state index in [1.165, 1.54) is 0 Å². The van der Waals surface area contributed by atoms with Crippen LogP contribution in [0.15, 0.2) is 52.2 Å². The van der Waals surface area contributed by atoms with E-state index in [0.717, 1.165) is 43.8 Å². The van der Waals surface area contributed by atoms with Gasteiger partial charge in [0.2, 0.25) is 5.96 Å². The van der Waals surface area contributed by atoms with Gasteiger partial charge in [-0.05, 0) is 18.2 Å². The second kappa shape index (κ2) is 7.14. The van der Waals surface area contributed by atoms with E-state index in [2.05, 4.69) is 50.8 Å². The average Bonchev–Trinajstić information content (AvgIpc) is 3.14. The Labute approximate surface area is 148 Å². The average molecular weight is 340 g/mol. The highest BCUT2D eigenvalue weighted by molar-refractivity contribution is 5.84. The summed E-state index contributed by atoms with van der Waals surface area (Å²) in [5.41, 5.74) is 4.44. The maximum Gasteiger partial charge on any atom is 0.212 e. The zero-order valence-corrected chi connectivity index (χ0v) is 14.4. The Morgan fingerprint density at radius 1 is 1.20 bits per heavy atom. The standard InChI is InChI=1S/C18H24N6O/c1-14-12-19-17(23-7-9-25-10-8-23)11-16(14)21-18-20-13-24(22-18)15-5-3-2-4-6-15/h2-6,11-12,14,16H,7-10,13H2,1H3,(H2,20,21,22). The minimum atomic E-state index is 0.164. The van der Waals surface area contributed by atoms with Crippen LogP contribution >= 0.6 is 0 Å². The summed E-state index contributed by atoms with van der Waals surface area (Å²) < 4.78 is 5.43. The molecule has 2 N–H and O–H groups in total. The van der Waals surface area contributed by atoms with E-state index in [1.807, 2.05) is 29.4 Å². The van der Waals surface area contributed by atoms with Gasteiger partial charge >= 0.3 is 0 Å². The number of benzene rings is 1. The van der Waals surface area contributed by atoms with Crippen LogP contribution in [0, 0.1) is 5.92 Å². The third-order valence-corrected chi connectivity index (χ3v) is 4.65. The minimum absolute atomic E-state index is 0.164. The molecule has 0 amide bonds. The zero-order chi connectivity index (χ0) is 17.1. The van der Waals surface area contributed by atoms with Crippen LogP contribution in [-0.2, 0) is 4.74 Å². The first-order valence-corrected chi connectivity index (χ1v) is 8.78. The summed E-state index contributed by atoms with van der Waals surface area (Å²) in [7, 11) is 0. The van der Waals surface area contributed by atoms with Crippen molar-refractivity contribution >= 4 is 17.9 Å². The molecule has 0 spiro atoms. The van der Waals surface area contributed by atoms with Gasteiger partial charge in [-0.1, -0.05) is 25.1 Å². The van der Waals surface area contributed by atoms with Crippen molar-refractivity contribution in [2.24, 2.45) is 15.9 Å². The highest BCUT2D eigenvalue weighted by Gasteiger charge is 2.25. The summed E-state index contributed by atoms with van der Waals surface area (Å²) in [5.74, 6) is 2.13. The summed E-state index contributed by atoms with van der Waals surface area (Å²) in [4.78, 5) is 11.5. The SMILES string of the molecule is CC1C=NC(N2CCOCC2)=CC1NC1=NCN(c2ccccc2)N1. The molecule has 7 nitrogen and oxygen atoms in total. The van der Waals surface area contributed by atoms with Gasteiger partial charge < -0.3 is 15.0 Å². The lowest BCUT2D eigenvalue weighted by Gasteiger charge is -2.33. The lowest BCUT2D eigenvalue weighted by Crippen LogP contribution is -2.49. The molecule has 132 valence electrons. The number of anilines is 1. The third kappa shape index (κ3) is 3.61. The monoisotopic (exact) mass is 340 g/mol. The topological polar surface area (TPSA) is 64.5 Å². The van der Waals surface area contributed by atoms with Crippen molar-refractivity contribution in [3.63, 3.8) is 0 Å². The van der Waals surface area contributed by atoms with E-state index in [0.29, 0.717) is 12.6 Å². The van der Waals surface area contributed by atoms with Gasteiger partial charge in [-0.15, -0.1) is 0 Å². The van der Waals surface area contributed by atoms with Crippen LogP contribution in [-0.4, -0.2) is 56.1 Å². The summed E-state index contributed by atoms with van der Waals surface area (Å²) in [6, 6.07) is 10.4. The Balaban J connectivity index is 1.40. The molecule has 2 unspecified atom stereocenters. The molecule has 3 aliphatic rings. The van der Waals surface area contributed by atoms with E-state index >= 15 is 0 Å². The molecule has 1 saturated heterocycles. The van der Waals surface area contributed by atoms with Crippen LogP contribution in [0.3, 0.4) is 0 Å². The third-order valence-electron chi connectivity index (χ3n) is 4.65. The van der Waals surface area contributed by atoms with Crippen molar-refractivity contribution in [2.45, 2.75) is 13.0 Å². The van der Waals surface area contributed by atoms with E-state index < -0.39 is 0 Å². The van der Waals surface area contributed by atoms with Crippen molar-refractivity contribution in [1.82, 2.24) is 15.6 Å². The number of morpholine rings is 1. The molecule has 2 atom stereocenters. The van der Waals surface area contributed by atoms with E-state index in [-0.39, 0.29) is 6.04 Å². The van der Waals surface area contributed by atoms with Crippen molar-refractivity contribution in [2.75, 3.05) is 38.0 Å². The fourth-order valence-electron chi connectivity index (χ4n) is 3.12. The summed E-state index contributed by atoms with van der Waals surface area (Å²) >= 11 is 0. The number of aliphatic imine (C=N–C) groups is 2. The van der Waals surface area contributed by atoms with Crippen LogP contribution in [0.1, 0.15) is 6.92 Å². The molecule has 1 aromatic rings. The first-order valence-electron chi connectivity index (χ1n) is 8.78. The normalized spacial score (nSPS) is 26.1. The van der Waals surface area contributed by atoms with Gasteiger partial charge in [0.1, 0.15) is 12.5 Å².